The fourth-order valence-corrected chi connectivity index (χ4v) is 0.412. The lowest BCUT2D eigenvalue weighted by molar-refractivity contribution is -0.0555. The minimum absolute atomic E-state index is 0.169. The third kappa shape index (κ3) is 6.01. The van der Waals surface area contributed by atoms with Crippen molar-refractivity contribution in [2.45, 2.75) is 32.6 Å². The van der Waals surface area contributed by atoms with Crippen LogP contribution in [0, 0.1) is 0 Å². The smallest absolute Gasteiger partial charge is 0.128 e. The number of hydrogen-bond acceptors (Lipinski definition) is 3. The van der Waals surface area contributed by atoms with Crippen molar-refractivity contribution >= 4 is 0 Å². The van der Waals surface area contributed by atoms with E-state index in [0.717, 1.165) is 0 Å². The molecular formula is C7H17NO2. The molecule has 0 aromatic heterocycles. The lowest BCUT2D eigenvalue weighted by Crippen LogP contribution is -2.33. The topological polar surface area (TPSA) is 41.5 Å². The predicted molar refractivity (Wildman–Crippen MR) is 40.8 cm³/mol. The molecule has 0 aliphatic carbocycles. The van der Waals surface area contributed by atoms with E-state index in [1.54, 1.807) is 7.05 Å². The summed E-state index contributed by atoms with van der Waals surface area (Å²) in [6, 6.07) is 0. The first-order chi connectivity index (χ1) is 4.45. The van der Waals surface area contributed by atoms with Gasteiger partial charge in [0.1, 0.15) is 6.23 Å². The summed E-state index contributed by atoms with van der Waals surface area (Å²) in [5.74, 6) is 0. The predicted octanol–water partition coefficient (Wildman–Crippen LogP) is 0.339. The van der Waals surface area contributed by atoms with Gasteiger partial charge in [-0.15, -0.1) is 0 Å². The molecule has 0 aromatic rings. The molecular weight excluding hydrogens is 130 g/mol. The Morgan fingerprint density at radius 1 is 1.50 bits per heavy atom. The van der Waals surface area contributed by atoms with Crippen molar-refractivity contribution in [3.63, 3.8) is 0 Å². The maximum atomic E-state index is 8.99. The monoisotopic (exact) mass is 147 g/mol. The molecule has 0 fully saturated rings. The molecule has 10 heavy (non-hydrogen) atoms. The van der Waals surface area contributed by atoms with E-state index in [0.29, 0.717) is 6.61 Å². The van der Waals surface area contributed by atoms with Gasteiger partial charge in [0.25, 0.3) is 0 Å². The maximum Gasteiger partial charge on any atom is 0.128 e. The Morgan fingerprint density at radius 2 is 2.00 bits per heavy atom. The number of rotatable bonds is 3. The van der Waals surface area contributed by atoms with Crippen LogP contribution in [-0.2, 0) is 4.74 Å². The molecule has 0 saturated carbocycles. The minimum Gasteiger partial charge on any atom is -0.376 e. The molecule has 62 valence electrons. The lowest BCUT2D eigenvalue weighted by Gasteiger charge is -2.21. The molecule has 0 rings (SSSR count). The number of aliphatic hydroxyl groups is 1. The summed E-state index contributed by atoms with van der Waals surface area (Å²) in [6.45, 7) is 6.19. The number of nitrogens with one attached hydrogen (secondary N) is 1. The molecule has 0 spiro atoms. The van der Waals surface area contributed by atoms with E-state index in [2.05, 4.69) is 5.32 Å². The van der Waals surface area contributed by atoms with E-state index in [1.807, 2.05) is 20.8 Å². The third-order valence-corrected chi connectivity index (χ3v) is 1.01. The summed E-state index contributed by atoms with van der Waals surface area (Å²) in [4.78, 5) is 0. The highest BCUT2D eigenvalue weighted by atomic mass is 16.5. The quantitative estimate of drug-likeness (QED) is 0.566. The highest BCUT2D eigenvalue weighted by Crippen LogP contribution is 2.05. The number of likely N-dealkylation sites (N-methyl/N-ethyl adjacent to an activating group) is 1. The van der Waals surface area contributed by atoms with Crippen LogP contribution in [0.25, 0.3) is 0 Å². The number of ether oxygens (including phenoxy) is 1. The van der Waals surface area contributed by atoms with Gasteiger partial charge < -0.3 is 9.84 Å². The fourth-order valence-electron chi connectivity index (χ4n) is 0.412. The van der Waals surface area contributed by atoms with Crippen molar-refractivity contribution in [3.05, 3.63) is 0 Å². The Bertz CT molecular complexity index is 88.1. The second-order valence-corrected chi connectivity index (χ2v) is 3.23. The first-order valence-corrected chi connectivity index (χ1v) is 3.45. The first-order valence-electron chi connectivity index (χ1n) is 3.45. The second kappa shape index (κ2) is 3.91. The van der Waals surface area contributed by atoms with E-state index in [-0.39, 0.29) is 5.60 Å². The van der Waals surface area contributed by atoms with Crippen LogP contribution in [-0.4, -0.2) is 30.6 Å². The molecule has 0 aliphatic heterocycles. The maximum absolute atomic E-state index is 8.99. The van der Waals surface area contributed by atoms with Crippen LogP contribution in [0.2, 0.25) is 0 Å². The van der Waals surface area contributed by atoms with E-state index in [4.69, 9.17) is 9.84 Å². The van der Waals surface area contributed by atoms with Gasteiger partial charge in [-0.05, 0) is 27.8 Å². The van der Waals surface area contributed by atoms with Crippen molar-refractivity contribution in [3.8, 4) is 0 Å². The molecule has 0 radical (unpaired) electrons. The third-order valence-electron chi connectivity index (χ3n) is 1.01. The summed E-state index contributed by atoms with van der Waals surface area (Å²) in [7, 11) is 1.69. The highest BCUT2D eigenvalue weighted by Gasteiger charge is 2.11. The van der Waals surface area contributed by atoms with Gasteiger partial charge in [0.2, 0.25) is 0 Å². The summed E-state index contributed by atoms with van der Waals surface area (Å²) in [5.41, 5.74) is -0.169. The molecule has 0 bridgehead atoms. The molecule has 0 aliphatic rings. The Kier molecular flexibility index (Phi) is 3.86. The van der Waals surface area contributed by atoms with Gasteiger partial charge in [0, 0.05) is 0 Å². The molecule has 1 atom stereocenters. The van der Waals surface area contributed by atoms with E-state index in [1.165, 1.54) is 0 Å². The van der Waals surface area contributed by atoms with Gasteiger partial charge >= 0.3 is 0 Å². The molecule has 0 amide bonds. The number of aliphatic hydroxyl groups excluding tert-OH is 1. The van der Waals surface area contributed by atoms with Gasteiger partial charge in [-0.25, -0.2) is 0 Å². The molecule has 0 heterocycles. The van der Waals surface area contributed by atoms with Crippen molar-refractivity contribution in [1.29, 1.82) is 0 Å². The molecule has 0 aromatic carbocycles. The van der Waals surface area contributed by atoms with Gasteiger partial charge in [-0.3, -0.25) is 5.32 Å². The van der Waals surface area contributed by atoms with E-state index < -0.39 is 6.23 Å². The molecule has 2 N–H and O–H groups in total. The van der Waals surface area contributed by atoms with Crippen LogP contribution in [0.4, 0.5) is 0 Å². The van der Waals surface area contributed by atoms with E-state index >= 15 is 0 Å². The van der Waals surface area contributed by atoms with Crippen LogP contribution in [0.15, 0.2) is 0 Å². The van der Waals surface area contributed by atoms with Gasteiger partial charge in [-0.2, -0.15) is 0 Å². The zero-order chi connectivity index (χ0) is 8.20. The Hall–Kier alpha value is -0.120. The zero-order valence-corrected chi connectivity index (χ0v) is 7.14. The minimum atomic E-state index is -0.556. The fraction of sp³-hybridized carbons (Fsp3) is 1.00. The second-order valence-electron chi connectivity index (χ2n) is 3.23. The van der Waals surface area contributed by atoms with Crippen molar-refractivity contribution in [2.75, 3.05) is 13.7 Å². The summed E-state index contributed by atoms with van der Waals surface area (Å²) >= 11 is 0. The van der Waals surface area contributed by atoms with Gasteiger partial charge in [-0.1, -0.05) is 0 Å². The van der Waals surface area contributed by atoms with Crippen molar-refractivity contribution in [1.82, 2.24) is 5.32 Å². The average molecular weight is 147 g/mol. The standard InChI is InChI=1S/C7H17NO2/c1-7(2,3)10-5-6(9)8-4/h6,8-9H,5H2,1-4H3. The average Bonchev–Trinajstić information content (AvgIpc) is 1.81. The molecule has 1 unspecified atom stereocenters. The largest absolute Gasteiger partial charge is 0.376 e. The van der Waals surface area contributed by atoms with Crippen molar-refractivity contribution < 1.29 is 9.84 Å². The first kappa shape index (κ1) is 9.88. The summed E-state index contributed by atoms with van der Waals surface area (Å²) in [6.07, 6.45) is -0.556. The van der Waals surface area contributed by atoms with E-state index in [9.17, 15) is 0 Å². The Morgan fingerprint density at radius 3 is 2.30 bits per heavy atom. The molecule has 3 nitrogen and oxygen atoms in total. The Balaban J connectivity index is 3.36. The van der Waals surface area contributed by atoms with Gasteiger partial charge in [0.05, 0.1) is 12.2 Å². The molecule has 0 saturated heterocycles. The van der Waals surface area contributed by atoms with Crippen LogP contribution < -0.4 is 5.32 Å². The molecule has 3 heteroatoms. The number of hydrogen-bond donors (Lipinski definition) is 2. The van der Waals surface area contributed by atoms with Crippen molar-refractivity contribution in [2.24, 2.45) is 0 Å². The normalized spacial score (nSPS) is 15.3. The van der Waals surface area contributed by atoms with Crippen LogP contribution >= 0.6 is 0 Å². The van der Waals surface area contributed by atoms with Crippen LogP contribution in [0.3, 0.4) is 0 Å². The van der Waals surface area contributed by atoms with Crippen LogP contribution in [0.5, 0.6) is 0 Å². The van der Waals surface area contributed by atoms with Crippen LogP contribution in [0.1, 0.15) is 20.8 Å². The highest BCUT2D eigenvalue weighted by molar-refractivity contribution is 4.59. The summed E-state index contributed by atoms with van der Waals surface area (Å²) in [5, 5.41) is 11.7. The van der Waals surface area contributed by atoms with Gasteiger partial charge in [0.15, 0.2) is 0 Å². The SMILES string of the molecule is CNC(O)COC(C)(C)C. The summed E-state index contributed by atoms with van der Waals surface area (Å²) < 4.78 is 5.27. The lowest BCUT2D eigenvalue weighted by atomic mass is 10.2. The zero-order valence-electron chi connectivity index (χ0n) is 7.14. The Labute approximate surface area is 62.4 Å².